The molecule has 224 valence electrons. The molecule has 1 aliphatic carbocycles. The lowest BCUT2D eigenvalue weighted by Gasteiger charge is -2.35. The monoisotopic (exact) mass is 580 g/mol. The molecule has 1 fully saturated rings. The molecule has 1 saturated heterocycles. The molecule has 0 radical (unpaired) electrons. The first-order valence-electron chi connectivity index (χ1n) is 14.6. The molecule has 0 amide bonds. The standard InChI is InChI=1S/C33H39F3N4O2/c1-20(2)40-15-13-21(14-16-40)23-10-12-27(28(17-23)42-5)39-31-37-19-25(33(34,35)36)26(38-31)11-9-22-7-6-8-24-18-29(41)32(3,4)30(22)24/h6-8,10,12,17,19-21H,9,11,13-16,18H2,1-5H3,(H,37,38,39). The lowest BCUT2D eigenvalue weighted by atomic mass is 9.81. The molecular weight excluding hydrogens is 541 g/mol. The number of nitrogens with zero attached hydrogens (tertiary/aromatic N) is 3. The maximum atomic E-state index is 14.0. The van der Waals surface area contributed by atoms with E-state index in [1.54, 1.807) is 7.11 Å². The molecule has 1 N–H and O–H groups in total. The number of hydrogen-bond acceptors (Lipinski definition) is 6. The van der Waals surface area contributed by atoms with Gasteiger partial charge in [0, 0.05) is 24.1 Å². The van der Waals surface area contributed by atoms with Crippen LogP contribution in [0.1, 0.15) is 80.0 Å². The fourth-order valence-corrected chi connectivity index (χ4v) is 6.44. The second kappa shape index (κ2) is 11.7. The Hall–Kier alpha value is -3.46. The predicted molar refractivity (Wildman–Crippen MR) is 158 cm³/mol. The summed E-state index contributed by atoms with van der Waals surface area (Å²) in [5, 5.41) is 3.09. The summed E-state index contributed by atoms with van der Waals surface area (Å²) < 4.78 is 47.6. The highest BCUT2D eigenvalue weighted by atomic mass is 19.4. The van der Waals surface area contributed by atoms with Crippen molar-refractivity contribution in [1.29, 1.82) is 0 Å². The Morgan fingerprint density at radius 3 is 2.52 bits per heavy atom. The fraction of sp³-hybridized carbons (Fsp3) is 0.485. The van der Waals surface area contributed by atoms with E-state index in [9.17, 15) is 18.0 Å². The van der Waals surface area contributed by atoms with E-state index in [0.717, 1.165) is 48.8 Å². The topological polar surface area (TPSA) is 67.3 Å². The highest BCUT2D eigenvalue weighted by Crippen LogP contribution is 2.40. The van der Waals surface area contributed by atoms with E-state index in [1.165, 1.54) is 5.56 Å². The van der Waals surface area contributed by atoms with Gasteiger partial charge in [0.1, 0.15) is 11.5 Å². The van der Waals surface area contributed by atoms with E-state index in [1.807, 2.05) is 50.2 Å². The molecule has 2 aromatic carbocycles. The maximum Gasteiger partial charge on any atom is 0.419 e. The number of aryl methyl sites for hydroxylation is 2. The first-order valence-corrected chi connectivity index (χ1v) is 14.6. The van der Waals surface area contributed by atoms with Crippen molar-refractivity contribution < 1.29 is 22.7 Å². The number of halogens is 3. The molecule has 2 heterocycles. The third-order valence-electron chi connectivity index (χ3n) is 8.92. The van der Waals surface area contributed by atoms with Gasteiger partial charge in [0.25, 0.3) is 0 Å². The van der Waals surface area contributed by atoms with E-state index in [-0.39, 0.29) is 23.8 Å². The van der Waals surface area contributed by atoms with Crippen molar-refractivity contribution in [3.63, 3.8) is 0 Å². The van der Waals surface area contributed by atoms with Crippen molar-refractivity contribution in [3.05, 3.63) is 76.1 Å². The molecule has 3 aromatic rings. The number of carbonyl (C=O) groups is 1. The highest BCUT2D eigenvalue weighted by molar-refractivity contribution is 5.96. The predicted octanol–water partition coefficient (Wildman–Crippen LogP) is 7.02. The van der Waals surface area contributed by atoms with E-state index < -0.39 is 17.2 Å². The van der Waals surface area contributed by atoms with Crippen LogP contribution in [0, 0.1) is 0 Å². The van der Waals surface area contributed by atoms with Gasteiger partial charge in [-0.25, -0.2) is 9.97 Å². The number of Topliss-reactive ketones (excluding diaryl/α,β-unsaturated/α-hetero) is 1. The van der Waals surface area contributed by atoms with E-state index in [0.29, 0.717) is 36.2 Å². The number of nitrogens with one attached hydrogen (secondary N) is 1. The van der Waals surface area contributed by atoms with E-state index in [4.69, 9.17) is 4.74 Å². The average Bonchev–Trinajstić information content (AvgIpc) is 3.19. The second-order valence-electron chi connectivity index (χ2n) is 12.2. The summed E-state index contributed by atoms with van der Waals surface area (Å²) in [5.41, 5.74) is 2.92. The van der Waals surface area contributed by atoms with Crippen LogP contribution in [0.15, 0.2) is 42.6 Å². The minimum atomic E-state index is -4.59. The Morgan fingerprint density at radius 1 is 1.12 bits per heavy atom. The molecule has 0 unspecified atom stereocenters. The van der Waals surface area contributed by atoms with Crippen molar-refractivity contribution in [1.82, 2.24) is 14.9 Å². The molecule has 6 nitrogen and oxygen atoms in total. The number of ether oxygens (including phenoxy) is 1. The third-order valence-corrected chi connectivity index (χ3v) is 8.92. The largest absolute Gasteiger partial charge is 0.495 e. The van der Waals surface area contributed by atoms with Crippen LogP contribution < -0.4 is 10.1 Å². The molecule has 2 aliphatic rings. The smallest absolute Gasteiger partial charge is 0.419 e. The summed E-state index contributed by atoms with van der Waals surface area (Å²) in [6.07, 6.45) is -0.887. The van der Waals surface area contributed by atoms with Crippen LogP contribution in [-0.4, -0.2) is 46.9 Å². The zero-order valence-corrected chi connectivity index (χ0v) is 24.9. The number of benzene rings is 2. The van der Waals surface area contributed by atoms with Crippen LogP contribution in [0.25, 0.3) is 0 Å². The first-order chi connectivity index (χ1) is 19.9. The number of carbonyl (C=O) groups excluding carboxylic acids is 1. The van der Waals surface area contributed by atoms with Gasteiger partial charge in [0.15, 0.2) is 0 Å². The van der Waals surface area contributed by atoms with Gasteiger partial charge in [-0.15, -0.1) is 0 Å². The summed E-state index contributed by atoms with van der Waals surface area (Å²) in [6, 6.07) is 12.1. The zero-order chi connectivity index (χ0) is 30.2. The van der Waals surface area contributed by atoms with Crippen LogP contribution >= 0.6 is 0 Å². The van der Waals surface area contributed by atoms with Crippen LogP contribution in [0.5, 0.6) is 5.75 Å². The molecular formula is C33H39F3N4O2. The molecule has 0 bridgehead atoms. The molecule has 1 aliphatic heterocycles. The first kappa shape index (κ1) is 30.0. The van der Waals surface area contributed by atoms with Gasteiger partial charge < -0.3 is 15.0 Å². The van der Waals surface area contributed by atoms with Gasteiger partial charge in [0.05, 0.1) is 24.1 Å². The van der Waals surface area contributed by atoms with E-state index >= 15 is 0 Å². The summed E-state index contributed by atoms with van der Waals surface area (Å²) in [7, 11) is 1.58. The molecule has 1 aromatic heterocycles. The normalized spacial score (nSPS) is 17.5. The number of anilines is 2. The van der Waals surface area contributed by atoms with Gasteiger partial charge in [-0.05, 0) is 107 Å². The fourth-order valence-electron chi connectivity index (χ4n) is 6.44. The lowest BCUT2D eigenvalue weighted by molar-refractivity contribution is -0.138. The number of rotatable bonds is 8. The van der Waals surface area contributed by atoms with Gasteiger partial charge >= 0.3 is 6.18 Å². The number of piperidine rings is 1. The minimum absolute atomic E-state index is 0.0535. The molecule has 0 spiro atoms. The van der Waals surface area contributed by atoms with Crippen molar-refractivity contribution in [2.24, 2.45) is 0 Å². The summed E-state index contributed by atoms with van der Waals surface area (Å²) in [4.78, 5) is 23.4. The van der Waals surface area contributed by atoms with Crippen LogP contribution in [0.4, 0.5) is 24.8 Å². The van der Waals surface area contributed by atoms with Crippen molar-refractivity contribution >= 4 is 17.4 Å². The summed E-state index contributed by atoms with van der Waals surface area (Å²) in [5.74, 6) is 1.21. The zero-order valence-electron chi connectivity index (χ0n) is 24.9. The Balaban J connectivity index is 1.37. The SMILES string of the molecule is COc1cc(C2CCN(C(C)C)CC2)ccc1Nc1ncc(C(F)(F)F)c(CCc2cccc3c2C(C)(C)C(=O)C3)n1. The minimum Gasteiger partial charge on any atom is -0.495 e. The molecule has 42 heavy (non-hydrogen) atoms. The number of alkyl halides is 3. The van der Waals surface area contributed by atoms with E-state index in [2.05, 4.69) is 34.0 Å². The van der Waals surface area contributed by atoms with Crippen molar-refractivity contribution in [2.75, 3.05) is 25.5 Å². The lowest BCUT2D eigenvalue weighted by Crippen LogP contribution is -2.37. The molecule has 0 atom stereocenters. The number of likely N-dealkylation sites (tertiary alicyclic amines) is 1. The van der Waals surface area contributed by atoms with Gasteiger partial charge in [-0.3, -0.25) is 4.79 Å². The second-order valence-corrected chi connectivity index (χ2v) is 12.2. The van der Waals surface area contributed by atoms with Gasteiger partial charge in [0.2, 0.25) is 5.95 Å². The summed E-state index contributed by atoms with van der Waals surface area (Å²) >= 11 is 0. The average molecular weight is 581 g/mol. The molecule has 5 rings (SSSR count). The number of fused-ring (bicyclic) bond motifs is 1. The third kappa shape index (κ3) is 6.02. The van der Waals surface area contributed by atoms with Crippen LogP contribution in [0.2, 0.25) is 0 Å². The van der Waals surface area contributed by atoms with Crippen LogP contribution in [-0.2, 0) is 35.6 Å². The van der Waals surface area contributed by atoms with Gasteiger partial charge in [-0.2, -0.15) is 13.2 Å². The van der Waals surface area contributed by atoms with Crippen molar-refractivity contribution in [3.8, 4) is 5.75 Å². The number of ketones is 1. The van der Waals surface area contributed by atoms with Crippen molar-refractivity contribution in [2.45, 2.75) is 83.4 Å². The Labute approximate surface area is 245 Å². The highest BCUT2D eigenvalue weighted by Gasteiger charge is 2.40. The molecule has 9 heteroatoms. The Morgan fingerprint density at radius 2 is 1.86 bits per heavy atom. The van der Waals surface area contributed by atoms with Gasteiger partial charge in [-0.1, -0.05) is 24.3 Å². The number of hydrogen-bond donors (Lipinski definition) is 1. The molecule has 0 saturated carbocycles. The Bertz CT molecular complexity index is 1460. The quantitative estimate of drug-likeness (QED) is 0.309. The number of methoxy groups -OCH3 is 1. The number of aromatic nitrogens is 2. The maximum absolute atomic E-state index is 14.0. The Kier molecular flexibility index (Phi) is 8.34. The summed E-state index contributed by atoms with van der Waals surface area (Å²) in [6.45, 7) is 10.3. The van der Waals surface area contributed by atoms with Crippen LogP contribution in [0.3, 0.4) is 0 Å².